The van der Waals surface area contributed by atoms with Crippen LogP contribution in [-0.2, 0) is 14.1 Å². The average molecular weight is 276 g/mol. The van der Waals surface area contributed by atoms with Crippen LogP contribution in [0.4, 0.5) is 0 Å². The fraction of sp³-hybridized carbons (Fsp3) is 0.176. The molecule has 0 N–H and O–H groups in total. The summed E-state index contributed by atoms with van der Waals surface area (Å²) in [6.45, 7) is 2.02. The van der Waals surface area contributed by atoms with Crippen LogP contribution in [0.5, 0.6) is 0 Å². The Morgan fingerprint density at radius 3 is 2.38 bits per heavy atom. The highest BCUT2D eigenvalue weighted by atomic mass is 15.1. The summed E-state index contributed by atoms with van der Waals surface area (Å²) < 4.78 is 4.25. The van der Waals surface area contributed by atoms with Crippen LogP contribution in [0.25, 0.3) is 33.5 Å². The molecule has 104 valence electrons. The number of benzene rings is 2. The van der Waals surface area contributed by atoms with E-state index in [0.29, 0.717) is 0 Å². The maximum Gasteiger partial charge on any atom is 0.140 e. The Kier molecular flexibility index (Phi) is 2.42. The quantitative estimate of drug-likeness (QED) is 0.534. The summed E-state index contributed by atoms with van der Waals surface area (Å²) in [5.41, 5.74) is 5.45. The number of rotatable bonds is 1. The molecule has 0 radical (unpaired) electrons. The molecule has 0 aliphatic carbocycles. The molecule has 0 fully saturated rings. The van der Waals surface area contributed by atoms with Crippen LogP contribution in [0, 0.1) is 6.92 Å². The number of nitrogens with zero attached hydrogens (tertiary/aromatic N) is 4. The summed E-state index contributed by atoms with van der Waals surface area (Å²) in [5, 5.41) is 0. The van der Waals surface area contributed by atoms with Gasteiger partial charge >= 0.3 is 0 Å². The minimum atomic E-state index is 0.983. The number of fused-ring (bicyclic) bond motifs is 2. The number of para-hydroxylation sites is 2. The van der Waals surface area contributed by atoms with Gasteiger partial charge in [0.05, 0.1) is 22.1 Å². The van der Waals surface area contributed by atoms with Crippen LogP contribution in [0.2, 0.25) is 0 Å². The Morgan fingerprint density at radius 2 is 1.57 bits per heavy atom. The third-order valence-corrected chi connectivity index (χ3v) is 4.15. The Morgan fingerprint density at radius 1 is 0.810 bits per heavy atom. The van der Waals surface area contributed by atoms with Crippen LogP contribution in [0.15, 0.2) is 42.5 Å². The second kappa shape index (κ2) is 4.19. The number of hydrogen-bond donors (Lipinski definition) is 0. The molecule has 2 aromatic heterocycles. The predicted molar refractivity (Wildman–Crippen MR) is 85.2 cm³/mol. The van der Waals surface area contributed by atoms with E-state index in [0.717, 1.165) is 39.3 Å². The van der Waals surface area contributed by atoms with Crippen molar-refractivity contribution < 1.29 is 0 Å². The van der Waals surface area contributed by atoms with Crippen molar-refractivity contribution in [1.29, 1.82) is 0 Å². The fourth-order valence-electron chi connectivity index (χ4n) is 2.85. The van der Waals surface area contributed by atoms with E-state index in [9.17, 15) is 0 Å². The standard InChI is InChI=1S/C17H16N4/c1-11-18-14-9-8-12(10-16(14)20(11)2)17-19-13-6-4-5-7-15(13)21(17)3/h4-10H,1-3H3. The lowest BCUT2D eigenvalue weighted by Gasteiger charge is -2.03. The summed E-state index contributed by atoms with van der Waals surface area (Å²) in [5.74, 6) is 2.00. The molecule has 0 saturated heterocycles. The van der Waals surface area contributed by atoms with Gasteiger partial charge in [-0.25, -0.2) is 9.97 Å². The number of imidazole rings is 2. The molecule has 4 heteroatoms. The van der Waals surface area contributed by atoms with Crippen molar-refractivity contribution in [3.05, 3.63) is 48.3 Å². The van der Waals surface area contributed by atoms with E-state index in [4.69, 9.17) is 4.98 Å². The molecule has 0 aliphatic heterocycles. The maximum absolute atomic E-state index is 4.76. The molecule has 0 unspecified atom stereocenters. The first-order valence-electron chi connectivity index (χ1n) is 7.00. The van der Waals surface area contributed by atoms with E-state index in [-0.39, 0.29) is 0 Å². The zero-order chi connectivity index (χ0) is 14.6. The molecule has 4 nitrogen and oxygen atoms in total. The predicted octanol–water partition coefficient (Wildman–Crippen LogP) is 3.44. The van der Waals surface area contributed by atoms with Gasteiger partial charge in [0.2, 0.25) is 0 Å². The molecule has 0 atom stereocenters. The van der Waals surface area contributed by atoms with Crippen LogP contribution in [0.1, 0.15) is 5.82 Å². The van der Waals surface area contributed by atoms with Crippen molar-refractivity contribution >= 4 is 22.1 Å². The van der Waals surface area contributed by atoms with Gasteiger partial charge in [0.1, 0.15) is 11.6 Å². The van der Waals surface area contributed by atoms with Crippen molar-refractivity contribution in [3.8, 4) is 11.4 Å². The smallest absolute Gasteiger partial charge is 0.140 e. The Hall–Kier alpha value is -2.62. The molecule has 2 aromatic carbocycles. The molecule has 0 bridgehead atoms. The highest BCUT2D eigenvalue weighted by Crippen LogP contribution is 2.26. The van der Waals surface area contributed by atoms with E-state index in [1.165, 1.54) is 0 Å². The van der Waals surface area contributed by atoms with Gasteiger partial charge in [-0.2, -0.15) is 0 Å². The van der Waals surface area contributed by atoms with Gasteiger partial charge < -0.3 is 9.13 Å². The highest BCUT2D eigenvalue weighted by molar-refractivity contribution is 5.85. The van der Waals surface area contributed by atoms with Crippen molar-refractivity contribution in [2.45, 2.75) is 6.92 Å². The molecule has 2 heterocycles. The van der Waals surface area contributed by atoms with Gasteiger partial charge in [-0.1, -0.05) is 12.1 Å². The highest BCUT2D eigenvalue weighted by Gasteiger charge is 2.11. The molecule has 21 heavy (non-hydrogen) atoms. The maximum atomic E-state index is 4.76. The van der Waals surface area contributed by atoms with Crippen molar-refractivity contribution in [1.82, 2.24) is 19.1 Å². The zero-order valence-electron chi connectivity index (χ0n) is 12.3. The lowest BCUT2D eigenvalue weighted by atomic mass is 10.2. The molecule has 0 amide bonds. The Labute approximate surface area is 122 Å². The number of hydrogen-bond acceptors (Lipinski definition) is 2. The van der Waals surface area contributed by atoms with E-state index >= 15 is 0 Å². The monoisotopic (exact) mass is 276 g/mol. The number of aromatic nitrogens is 4. The van der Waals surface area contributed by atoms with Crippen LogP contribution >= 0.6 is 0 Å². The van der Waals surface area contributed by atoms with Crippen molar-refractivity contribution in [2.75, 3.05) is 0 Å². The fourth-order valence-corrected chi connectivity index (χ4v) is 2.85. The normalized spacial score (nSPS) is 11.6. The van der Waals surface area contributed by atoms with Gasteiger partial charge in [0, 0.05) is 19.7 Å². The van der Waals surface area contributed by atoms with Crippen LogP contribution < -0.4 is 0 Å². The minimum absolute atomic E-state index is 0.983. The average Bonchev–Trinajstić information content (AvgIpc) is 2.98. The second-order valence-corrected chi connectivity index (χ2v) is 5.40. The number of aryl methyl sites for hydroxylation is 3. The minimum Gasteiger partial charge on any atom is -0.331 e. The zero-order valence-corrected chi connectivity index (χ0v) is 12.3. The molecule has 4 rings (SSSR count). The topological polar surface area (TPSA) is 35.6 Å². The van der Waals surface area contributed by atoms with Gasteiger partial charge in [-0.3, -0.25) is 0 Å². The Balaban J connectivity index is 1.99. The van der Waals surface area contributed by atoms with Crippen molar-refractivity contribution in [3.63, 3.8) is 0 Å². The van der Waals surface area contributed by atoms with Gasteiger partial charge in [0.25, 0.3) is 0 Å². The third kappa shape index (κ3) is 1.69. The third-order valence-electron chi connectivity index (χ3n) is 4.15. The molecular formula is C17H16N4. The van der Waals surface area contributed by atoms with Gasteiger partial charge in [-0.05, 0) is 37.3 Å². The van der Waals surface area contributed by atoms with Crippen LogP contribution in [0.3, 0.4) is 0 Å². The lowest BCUT2D eigenvalue weighted by molar-refractivity contribution is 0.885. The summed E-state index contributed by atoms with van der Waals surface area (Å²) in [6, 6.07) is 14.5. The largest absolute Gasteiger partial charge is 0.331 e. The van der Waals surface area contributed by atoms with E-state index in [1.54, 1.807) is 0 Å². The first-order chi connectivity index (χ1) is 10.1. The van der Waals surface area contributed by atoms with Gasteiger partial charge in [-0.15, -0.1) is 0 Å². The molecule has 0 saturated carbocycles. The molecule has 0 aliphatic rings. The van der Waals surface area contributed by atoms with E-state index in [2.05, 4.69) is 45.4 Å². The molecule has 4 aromatic rings. The first-order valence-corrected chi connectivity index (χ1v) is 7.00. The van der Waals surface area contributed by atoms with E-state index < -0.39 is 0 Å². The Bertz CT molecular complexity index is 975. The van der Waals surface area contributed by atoms with Gasteiger partial charge in [0.15, 0.2) is 0 Å². The second-order valence-electron chi connectivity index (χ2n) is 5.40. The molecule has 0 spiro atoms. The first kappa shape index (κ1) is 12.1. The van der Waals surface area contributed by atoms with Crippen molar-refractivity contribution in [2.24, 2.45) is 14.1 Å². The lowest BCUT2D eigenvalue weighted by Crippen LogP contribution is -1.94. The summed E-state index contributed by atoms with van der Waals surface area (Å²) in [6.07, 6.45) is 0. The summed E-state index contributed by atoms with van der Waals surface area (Å²) >= 11 is 0. The summed E-state index contributed by atoms with van der Waals surface area (Å²) in [4.78, 5) is 9.31. The van der Waals surface area contributed by atoms with E-state index in [1.807, 2.05) is 32.2 Å². The summed E-state index contributed by atoms with van der Waals surface area (Å²) in [7, 11) is 4.10. The van der Waals surface area contributed by atoms with Crippen LogP contribution in [-0.4, -0.2) is 19.1 Å². The SMILES string of the molecule is Cc1nc2ccc(-c3nc4ccccc4n3C)cc2n1C. The molecular weight excluding hydrogens is 260 g/mol.